The van der Waals surface area contributed by atoms with Crippen LogP contribution in [0.5, 0.6) is 0 Å². The van der Waals surface area contributed by atoms with Gasteiger partial charge in [-0.25, -0.2) is 9.59 Å². The number of hydrogen-bond donors (Lipinski definition) is 5. The molecule has 0 unspecified atom stereocenters. The van der Waals surface area contributed by atoms with E-state index in [9.17, 15) is 43.2 Å². The number of benzene rings is 1. The summed E-state index contributed by atoms with van der Waals surface area (Å²) in [6.45, 7) is 12.5. The molecule has 0 radical (unpaired) electrons. The zero-order valence-corrected chi connectivity index (χ0v) is 36.4. The molecule has 1 heterocycles. The molecule has 1 aliphatic rings. The van der Waals surface area contributed by atoms with Gasteiger partial charge >= 0.3 is 12.1 Å². The molecule has 332 valence electrons. The Hall–Kier alpha value is -5.81. The fraction of sp³-hybridized carbons (Fsp3) is 0.595. The van der Waals surface area contributed by atoms with Crippen molar-refractivity contribution in [3.8, 4) is 0 Å². The van der Waals surface area contributed by atoms with Crippen molar-refractivity contribution in [2.24, 2.45) is 23.5 Å². The van der Waals surface area contributed by atoms with Crippen LogP contribution >= 0.6 is 0 Å². The molecule has 0 aromatic heterocycles. The third-order valence-electron chi connectivity index (χ3n) is 10.1. The number of nitrogens with one attached hydrogen (secondary N) is 4. The van der Waals surface area contributed by atoms with E-state index in [2.05, 4.69) is 21.3 Å². The molecule has 18 nitrogen and oxygen atoms in total. The van der Waals surface area contributed by atoms with Crippen molar-refractivity contribution in [1.82, 2.24) is 30.7 Å². The number of likely N-dealkylation sites (N-methyl/N-ethyl adjacent to an activating group) is 2. The molecule has 60 heavy (non-hydrogen) atoms. The van der Waals surface area contributed by atoms with Crippen LogP contribution in [0.4, 0.5) is 15.3 Å². The van der Waals surface area contributed by atoms with Crippen LogP contribution in [0.2, 0.25) is 0 Å². The maximum absolute atomic E-state index is 13.7. The van der Waals surface area contributed by atoms with Crippen molar-refractivity contribution in [2.75, 3.05) is 32.5 Å². The highest BCUT2D eigenvalue weighted by Crippen LogP contribution is 2.18. The number of ketones is 1. The van der Waals surface area contributed by atoms with Crippen molar-refractivity contribution in [3.05, 3.63) is 42.0 Å². The summed E-state index contributed by atoms with van der Waals surface area (Å²) in [6, 6.07) is 2.17. The normalized spacial score (nSPS) is 14.4. The standard InChI is InChI=1S/C42H64N8O10/c1-25(2)35(28(7)51)47-40(57)37(27(5)6)49(9)42(59)60-24-29-16-18-30(19-17-29)45-38(55)31(14-13-22-44-41(43)58)46-39(56)36(26(3)4)48(8)32(52)15-11-10-12-23-50-33(53)20-21-34(50)54/h16-21,25-27,31,35-37H,10-15,22-24H2,1-9H3,(H,45,55)(H,46,56)(H,47,57)(H3,43,44,58)/t31-,35-,36-,37-/m0/s1. The van der Waals surface area contributed by atoms with Crippen LogP contribution in [0.15, 0.2) is 36.4 Å². The van der Waals surface area contributed by atoms with E-state index in [4.69, 9.17) is 10.5 Å². The van der Waals surface area contributed by atoms with Gasteiger partial charge in [-0.2, -0.15) is 0 Å². The van der Waals surface area contributed by atoms with Crippen molar-refractivity contribution < 1.29 is 47.9 Å². The second kappa shape index (κ2) is 24.3. The molecule has 1 aliphatic heterocycles. The summed E-state index contributed by atoms with van der Waals surface area (Å²) in [4.78, 5) is 117. The van der Waals surface area contributed by atoms with Gasteiger partial charge < -0.3 is 36.6 Å². The predicted octanol–water partition coefficient (Wildman–Crippen LogP) is 2.85. The summed E-state index contributed by atoms with van der Waals surface area (Å²) in [6.07, 6.45) is 3.86. The fourth-order valence-electron chi connectivity index (χ4n) is 6.85. The highest BCUT2D eigenvalue weighted by Gasteiger charge is 2.35. The number of carbonyl (C=O) groups excluding carboxylic acids is 9. The van der Waals surface area contributed by atoms with Crippen LogP contribution in [0.1, 0.15) is 92.6 Å². The van der Waals surface area contributed by atoms with Gasteiger partial charge in [-0.3, -0.25) is 43.4 Å². The molecular formula is C42H64N8O10. The van der Waals surface area contributed by atoms with E-state index in [-0.39, 0.29) is 73.8 Å². The third-order valence-corrected chi connectivity index (χ3v) is 10.1. The summed E-state index contributed by atoms with van der Waals surface area (Å²) in [5, 5.41) is 10.8. The molecule has 0 spiro atoms. The molecule has 1 aromatic rings. The van der Waals surface area contributed by atoms with E-state index >= 15 is 0 Å². The van der Waals surface area contributed by atoms with Crippen LogP contribution in [0.3, 0.4) is 0 Å². The monoisotopic (exact) mass is 840 g/mol. The van der Waals surface area contributed by atoms with E-state index in [0.717, 1.165) is 4.90 Å². The summed E-state index contributed by atoms with van der Waals surface area (Å²) in [5.41, 5.74) is 6.15. The Morgan fingerprint density at radius 1 is 0.733 bits per heavy atom. The number of nitrogens with zero attached hydrogens (tertiary/aromatic N) is 3. The molecule has 18 heteroatoms. The van der Waals surface area contributed by atoms with Crippen molar-refractivity contribution in [1.29, 1.82) is 0 Å². The Balaban J connectivity index is 2.05. The molecule has 0 fully saturated rings. The SMILES string of the molecule is CC(=O)[C@@H](NC(=O)[C@H](C(C)C)N(C)C(=O)OCc1ccc(NC(=O)[C@H](CCCNC(N)=O)NC(=O)[C@H](C(C)C)N(C)C(=O)CCCCCN2C(=O)C=CC2=O)cc1)C(C)C. The van der Waals surface area contributed by atoms with E-state index in [1.807, 2.05) is 13.8 Å². The lowest BCUT2D eigenvalue weighted by molar-refractivity contribution is -0.141. The average Bonchev–Trinajstić information content (AvgIpc) is 3.49. The Labute approximate surface area is 352 Å². The van der Waals surface area contributed by atoms with Gasteiger partial charge in [0.1, 0.15) is 24.7 Å². The summed E-state index contributed by atoms with van der Waals surface area (Å²) in [7, 11) is 2.98. The molecule has 4 atom stereocenters. The number of anilines is 1. The van der Waals surface area contributed by atoms with Crippen LogP contribution in [-0.2, 0) is 44.9 Å². The molecule has 1 aromatic carbocycles. The highest BCUT2D eigenvalue weighted by molar-refractivity contribution is 6.12. The number of rotatable bonds is 24. The number of amides is 9. The maximum Gasteiger partial charge on any atom is 0.410 e. The highest BCUT2D eigenvalue weighted by atomic mass is 16.6. The number of Topliss-reactive ketones (excluding diaryl/α,β-unsaturated/α-hetero) is 1. The number of imide groups is 1. The lowest BCUT2D eigenvalue weighted by Crippen LogP contribution is -2.55. The van der Waals surface area contributed by atoms with E-state index in [1.54, 1.807) is 52.0 Å². The first-order valence-electron chi connectivity index (χ1n) is 20.4. The van der Waals surface area contributed by atoms with E-state index in [0.29, 0.717) is 36.9 Å². The predicted molar refractivity (Wildman–Crippen MR) is 224 cm³/mol. The van der Waals surface area contributed by atoms with Crippen molar-refractivity contribution >= 4 is 59.0 Å². The average molecular weight is 841 g/mol. The van der Waals surface area contributed by atoms with Crippen molar-refractivity contribution in [2.45, 2.75) is 118 Å². The van der Waals surface area contributed by atoms with Crippen molar-refractivity contribution in [3.63, 3.8) is 0 Å². The van der Waals surface area contributed by atoms with Gasteiger partial charge in [-0.1, -0.05) is 60.1 Å². The number of ether oxygens (including phenoxy) is 1. The second-order valence-corrected chi connectivity index (χ2v) is 16.0. The molecule has 0 aliphatic carbocycles. The van der Waals surface area contributed by atoms with Gasteiger partial charge in [-0.05, 0) is 68.1 Å². The number of nitrogens with two attached hydrogens (primary N) is 1. The molecule has 0 saturated carbocycles. The number of carbonyl (C=O) groups is 9. The van der Waals surface area contributed by atoms with Gasteiger partial charge in [0.05, 0.1) is 6.04 Å². The Bertz CT molecular complexity index is 1710. The minimum atomic E-state index is -1.06. The maximum atomic E-state index is 13.7. The van der Waals surface area contributed by atoms with E-state index < -0.39 is 54.0 Å². The Morgan fingerprint density at radius 2 is 1.30 bits per heavy atom. The minimum absolute atomic E-state index is 0.127. The quantitative estimate of drug-likeness (QED) is 0.0753. The number of hydrogen-bond acceptors (Lipinski definition) is 10. The summed E-state index contributed by atoms with van der Waals surface area (Å²) in [5.74, 6) is -3.48. The molecule has 6 N–H and O–H groups in total. The Morgan fingerprint density at radius 3 is 1.83 bits per heavy atom. The number of unbranched alkanes of at least 4 members (excludes halogenated alkanes) is 2. The molecule has 9 amide bonds. The summed E-state index contributed by atoms with van der Waals surface area (Å²) >= 11 is 0. The second-order valence-electron chi connectivity index (χ2n) is 16.0. The fourth-order valence-corrected chi connectivity index (χ4v) is 6.85. The number of primary amides is 1. The van der Waals surface area contributed by atoms with E-state index in [1.165, 1.54) is 43.0 Å². The largest absolute Gasteiger partial charge is 0.445 e. The minimum Gasteiger partial charge on any atom is -0.445 e. The van der Waals surface area contributed by atoms with Gasteiger partial charge in [0.15, 0.2) is 5.78 Å². The van der Waals surface area contributed by atoms with Crippen LogP contribution in [-0.4, -0.2) is 119 Å². The lowest BCUT2D eigenvalue weighted by atomic mass is 9.97. The molecule has 0 saturated heterocycles. The molecular weight excluding hydrogens is 777 g/mol. The van der Waals surface area contributed by atoms with Gasteiger partial charge in [0.2, 0.25) is 23.6 Å². The summed E-state index contributed by atoms with van der Waals surface area (Å²) < 4.78 is 5.49. The van der Waals surface area contributed by atoms with Gasteiger partial charge in [0.25, 0.3) is 11.8 Å². The van der Waals surface area contributed by atoms with Gasteiger partial charge in [-0.15, -0.1) is 0 Å². The topological polar surface area (TPSA) is 247 Å². The smallest absolute Gasteiger partial charge is 0.410 e. The van der Waals surface area contributed by atoms with Crippen LogP contribution in [0, 0.1) is 17.8 Å². The molecule has 0 bridgehead atoms. The first-order valence-corrected chi connectivity index (χ1v) is 20.4. The van der Waals surface area contributed by atoms with Gasteiger partial charge in [0, 0.05) is 51.4 Å². The zero-order chi connectivity index (χ0) is 45.3. The van der Waals surface area contributed by atoms with Crippen LogP contribution in [0.25, 0.3) is 0 Å². The lowest BCUT2D eigenvalue weighted by Gasteiger charge is -2.32. The molecule has 2 rings (SSSR count). The first-order chi connectivity index (χ1) is 28.2. The van der Waals surface area contributed by atoms with Crippen LogP contribution < -0.4 is 27.0 Å². The first kappa shape index (κ1) is 50.3. The third kappa shape index (κ3) is 15.7. The Kier molecular flexibility index (Phi) is 20.4. The number of urea groups is 1. The zero-order valence-electron chi connectivity index (χ0n) is 36.4.